The van der Waals surface area contributed by atoms with Crippen LogP contribution < -0.4 is 5.32 Å². The van der Waals surface area contributed by atoms with Crippen LogP contribution in [0, 0.1) is 13.8 Å². The van der Waals surface area contributed by atoms with Crippen molar-refractivity contribution in [2.45, 2.75) is 52.1 Å². The maximum absolute atomic E-state index is 4.58. The average molecular weight is 210 g/mol. The molecule has 1 saturated carbocycles. The molecule has 0 aliphatic heterocycles. The monoisotopic (exact) mass is 210 g/mol. The van der Waals surface area contributed by atoms with Gasteiger partial charge in [-0.2, -0.15) is 0 Å². The number of thiazole rings is 1. The topological polar surface area (TPSA) is 24.9 Å². The summed E-state index contributed by atoms with van der Waals surface area (Å²) in [6, 6.07) is 1.16. The van der Waals surface area contributed by atoms with Crippen LogP contribution in [0.2, 0.25) is 0 Å². The minimum atomic E-state index is 0.422. The van der Waals surface area contributed by atoms with E-state index in [1.807, 2.05) is 0 Å². The molecule has 1 unspecified atom stereocenters. The first-order valence-electron chi connectivity index (χ1n) is 5.37. The molecule has 0 radical (unpaired) electrons. The van der Waals surface area contributed by atoms with Crippen molar-refractivity contribution >= 4 is 11.3 Å². The predicted octanol–water partition coefficient (Wildman–Crippen LogP) is 2.96. The van der Waals surface area contributed by atoms with Crippen LogP contribution in [-0.2, 0) is 0 Å². The van der Waals surface area contributed by atoms with E-state index in [1.165, 1.54) is 34.8 Å². The zero-order chi connectivity index (χ0) is 10.1. The van der Waals surface area contributed by atoms with Crippen molar-refractivity contribution in [2.75, 3.05) is 0 Å². The Morgan fingerprint density at radius 3 is 2.57 bits per heavy atom. The van der Waals surface area contributed by atoms with Gasteiger partial charge in [0.2, 0.25) is 0 Å². The van der Waals surface area contributed by atoms with E-state index >= 15 is 0 Å². The van der Waals surface area contributed by atoms with Crippen molar-refractivity contribution in [3.8, 4) is 0 Å². The highest BCUT2D eigenvalue weighted by molar-refractivity contribution is 7.11. The number of aromatic nitrogens is 1. The smallest absolute Gasteiger partial charge is 0.0900 e. The Morgan fingerprint density at radius 2 is 2.14 bits per heavy atom. The summed E-state index contributed by atoms with van der Waals surface area (Å²) >= 11 is 1.80. The van der Waals surface area contributed by atoms with Gasteiger partial charge in [-0.3, -0.25) is 0 Å². The van der Waals surface area contributed by atoms with Crippen LogP contribution in [0.4, 0.5) is 0 Å². The van der Waals surface area contributed by atoms with Crippen molar-refractivity contribution < 1.29 is 0 Å². The van der Waals surface area contributed by atoms with Crippen LogP contribution in [0.25, 0.3) is 0 Å². The Labute approximate surface area is 89.8 Å². The molecule has 3 heteroatoms. The number of nitrogens with zero attached hydrogens (tertiary/aromatic N) is 1. The number of nitrogens with one attached hydrogen (secondary N) is 1. The van der Waals surface area contributed by atoms with Crippen LogP contribution in [-0.4, -0.2) is 11.0 Å². The third-order valence-electron chi connectivity index (χ3n) is 2.94. The summed E-state index contributed by atoms with van der Waals surface area (Å²) in [5.41, 5.74) is 1.25. The minimum absolute atomic E-state index is 0.422. The van der Waals surface area contributed by atoms with Gasteiger partial charge in [-0.25, -0.2) is 4.98 Å². The number of hydrogen-bond acceptors (Lipinski definition) is 3. The van der Waals surface area contributed by atoms with Gasteiger partial charge in [-0.05, 0) is 33.6 Å². The van der Waals surface area contributed by atoms with Gasteiger partial charge in [0.25, 0.3) is 0 Å². The van der Waals surface area contributed by atoms with Crippen LogP contribution in [0.1, 0.15) is 47.8 Å². The second kappa shape index (κ2) is 3.99. The largest absolute Gasteiger partial charge is 0.306 e. The lowest BCUT2D eigenvalue weighted by atomic mass is 9.92. The highest BCUT2D eigenvalue weighted by atomic mass is 32.1. The van der Waals surface area contributed by atoms with Crippen molar-refractivity contribution in [3.63, 3.8) is 0 Å². The zero-order valence-electron chi connectivity index (χ0n) is 9.13. The molecule has 14 heavy (non-hydrogen) atoms. The average Bonchev–Trinajstić information content (AvgIpc) is 2.37. The van der Waals surface area contributed by atoms with Gasteiger partial charge < -0.3 is 5.32 Å². The fraction of sp³-hybridized carbons (Fsp3) is 0.727. The van der Waals surface area contributed by atoms with Crippen LogP contribution in [0.3, 0.4) is 0 Å². The summed E-state index contributed by atoms with van der Waals surface area (Å²) in [5.74, 6) is 0. The van der Waals surface area contributed by atoms with E-state index in [0.29, 0.717) is 6.04 Å². The Kier molecular flexibility index (Phi) is 2.88. The van der Waals surface area contributed by atoms with Crippen LogP contribution >= 0.6 is 11.3 Å². The molecule has 1 aliphatic carbocycles. The molecule has 1 aliphatic rings. The second-order valence-corrected chi connectivity index (χ2v) is 5.60. The first-order chi connectivity index (χ1) is 6.66. The van der Waals surface area contributed by atoms with E-state index in [2.05, 4.69) is 31.1 Å². The molecule has 2 rings (SSSR count). The van der Waals surface area contributed by atoms with Gasteiger partial charge in [0.05, 0.1) is 10.7 Å². The van der Waals surface area contributed by atoms with Gasteiger partial charge in [-0.15, -0.1) is 11.3 Å². The third-order valence-corrected chi connectivity index (χ3v) is 3.84. The number of rotatable bonds is 3. The van der Waals surface area contributed by atoms with E-state index in [0.717, 1.165) is 6.04 Å². The van der Waals surface area contributed by atoms with Gasteiger partial charge in [-0.1, -0.05) is 6.42 Å². The summed E-state index contributed by atoms with van der Waals surface area (Å²) in [6.45, 7) is 6.47. The van der Waals surface area contributed by atoms with E-state index < -0.39 is 0 Å². The minimum Gasteiger partial charge on any atom is -0.306 e. The summed E-state index contributed by atoms with van der Waals surface area (Å²) in [5, 5.41) is 4.81. The molecule has 2 nitrogen and oxygen atoms in total. The maximum Gasteiger partial charge on any atom is 0.0900 e. The molecular formula is C11H18N2S. The molecular weight excluding hydrogens is 192 g/mol. The summed E-state index contributed by atoms with van der Waals surface area (Å²) in [6.07, 6.45) is 4.07. The molecule has 78 valence electrons. The fourth-order valence-corrected chi connectivity index (χ4v) is 2.87. The normalized spacial score (nSPS) is 19.4. The first kappa shape index (κ1) is 10.1. The van der Waals surface area contributed by atoms with E-state index in [-0.39, 0.29) is 0 Å². The molecule has 1 aromatic rings. The molecule has 1 N–H and O–H groups in total. The molecule has 1 atom stereocenters. The van der Waals surface area contributed by atoms with E-state index in [1.54, 1.807) is 11.3 Å². The molecule has 0 spiro atoms. The molecule has 0 amide bonds. The predicted molar refractivity (Wildman–Crippen MR) is 60.8 cm³/mol. The zero-order valence-corrected chi connectivity index (χ0v) is 9.95. The Balaban J connectivity index is 2.02. The van der Waals surface area contributed by atoms with Gasteiger partial charge in [0.15, 0.2) is 0 Å². The first-order valence-corrected chi connectivity index (χ1v) is 6.18. The van der Waals surface area contributed by atoms with Crippen molar-refractivity contribution in [1.82, 2.24) is 10.3 Å². The Hall–Kier alpha value is -0.410. The molecule has 0 saturated heterocycles. The van der Waals surface area contributed by atoms with Crippen LogP contribution in [0.15, 0.2) is 0 Å². The molecule has 0 bridgehead atoms. The highest BCUT2D eigenvalue weighted by Gasteiger charge is 2.21. The summed E-state index contributed by atoms with van der Waals surface area (Å²) < 4.78 is 0. The summed E-state index contributed by atoms with van der Waals surface area (Å²) in [4.78, 5) is 5.94. The number of hydrogen-bond donors (Lipinski definition) is 1. The van der Waals surface area contributed by atoms with E-state index in [9.17, 15) is 0 Å². The Morgan fingerprint density at radius 1 is 1.43 bits per heavy atom. The van der Waals surface area contributed by atoms with Crippen LogP contribution in [0.5, 0.6) is 0 Å². The van der Waals surface area contributed by atoms with Crippen molar-refractivity contribution in [1.29, 1.82) is 0 Å². The standard InChI is InChI=1S/C11H18N2S/c1-7(12-10-5-4-6-10)11-8(2)14-9(3)13-11/h7,10,12H,4-6H2,1-3H3. The highest BCUT2D eigenvalue weighted by Crippen LogP contribution is 2.26. The van der Waals surface area contributed by atoms with Gasteiger partial charge in [0, 0.05) is 17.0 Å². The molecule has 1 fully saturated rings. The molecule has 1 heterocycles. The Bertz CT molecular complexity index is 315. The van der Waals surface area contributed by atoms with Crippen molar-refractivity contribution in [3.05, 3.63) is 15.6 Å². The second-order valence-electron chi connectivity index (χ2n) is 4.19. The maximum atomic E-state index is 4.58. The quantitative estimate of drug-likeness (QED) is 0.829. The fourth-order valence-electron chi connectivity index (χ4n) is 1.95. The lowest BCUT2D eigenvalue weighted by Gasteiger charge is -2.29. The van der Waals surface area contributed by atoms with Gasteiger partial charge >= 0.3 is 0 Å². The van der Waals surface area contributed by atoms with Crippen molar-refractivity contribution in [2.24, 2.45) is 0 Å². The van der Waals surface area contributed by atoms with E-state index in [4.69, 9.17) is 0 Å². The lowest BCUT2D eigenvalue weighted by molar-refractivity contribution is 0.311. The van der Waals surface area contributed by atoms with Gasteiger partial charge in [0.1, 0.15) is 0 Å². The third kappa shape index (κ3) is 1.98. The summed E-state index contributed by atoms with van der Waals surface area (Å²) in [7, 11) is 0. The number of aryl methyl sites for hydroxylation is 2. The molecule has 1 aromatic heterocycles. The SMILES string of the molecule is Cc1nc(C(C)NC2CCC2)c(C)s1. The lowest BCUT2D eigenvalue weighted by Crippen LogP contribution is -2.37. The molecule has 0 aromatic carbocycles.